The van der Waals surface area contributed by atoms with Crippen LogP contribution in [0.1, 0.15) is 19.4 Å². The number of esters is 1. The summed E-state index contributed by atoms with van der Waals surface area (Å²) in [4.78, 5) is 17.6. The van der Waals surface area contributed by atoms with Crippen molar-refractivity contribution in [1.29, 1.82) is 0 Å². The summed E-state index contributed by atoms with van der Waals surface area (Å²) < 4.78 is 10.3. The Hall–Kier alpha value is -2.05. The van der Waals surface area contributed by atoms with E-state index in [1.165, 1.54) is 5.17 Å². The predicted molar refractivity (Wildman–Crippen MR) is 79.0 cm³/mol. The Balaban J connectivity index is 2.12. The van der Waals surface area contributed by atoms with Crippen LogP contribution in [0.3, 0.4) is 0 Å². The Labute approximate surface area is 124 Å². The van der Waals surface area contributed by atoms with Crippen LogP contribution in [0.2, 0.25) is 0 Å². The summed E-state index contributed by atoms with van der Waals surface area (Å²) in [6, 6.07) is 7.50. The van der Waals surface area contributed by atoms with Gasteiger partial charge in [-0.05, 0) is 19.9 Å². The van der Waals surface area contributed by atoms with E-state index >= 15 is 0 Å². The van der Waals surface area contributed by atoms with Gasteiger partial charge in [0.05, 0.1) is 30.7 Å². The van der Waals surface area contributed by atoms with Gasteiger partial charge in [-0.2, -0.15) is 5.17 Å². The molecule has 0 bridgehead atoms. The van der Waals surface area contributed by atoms with E-state index in [-0.39, 0.29) is 5.97 Å². The minimum absolute atomic E-state index is 0.330. The smallest absolute Gasteiger partial charge is 0.340 e. The van der Waals surface area contributed by atoms with Gasteiger partial charge in [0.1, 0.15) is 6.61 Å². The van der Waals surface area contributed by atoms with E-state index in [1.54, 1.807) is 13.1 Å². The van der Waals surface area contributed by atoms with Crippen LogP contribution in [0.25, 0.3) is 5.57 Å². The molecule has 0 atom stereocenters. The molecule has 6 nitrogen and oxygen atoms in total. The summed E-state index contributed by atoms with van der Waals surface area (Å²) in [5, 5.41) is 1.41. The zero-order chi connectivity index (χ0) is 15.1. The fraction of sp³-hybridized carbons (Fsp3) is 0.400. The molecule has 0 radical (unpaired) electrons. The average molecular weight is 292 g/mol. The van der Waals surface area contributed by atoms with E-state index in [9.17, 15) is 4.79 Å². The number of rotatable bonds is 7. The fourth-order valence-corrected chi connectivity index (χ4v) is 1.93. The molecule has 0 fully saturated rings. The van der Waals surface area contributed by atoms with Gasteiger partial charge in [0.25, 0.3) is 0 Å². The normalized spacial score (nSPS) is 13.2. The van der Waals surface area contributed by atoms with Crippen molar-refractivity contribution < 1.29 is 19.1 Å². The molecule has 1 aromatic rings. The quantitative estimate of drug-likeness (QED) is 0.614. The van der Waals surface area contributed by atoms with Crippen LogP contribution in [0.15, 0.2) is 30.5 Å². The third-order valence-corrected chi connectivity index (χ3v) is 2.85. The molecule has 0 spiro atoms. The highest BCUT2D eigenvalue weighted by Gasteiger charge is 2.23. The first-order valence-corrected chi connectivity index (χ1v) is 7.01. The molecular weight excluding hydrogens is 272 g/mol. The molecule has 0 aliphatic carbocycles. The first-order valence-electron chi connectivity index (χ1n) is 7.01. The fourth-order valence-electron chi connectivity index (χ4n) is 1.93. The standard InChI is InChI=1S/C15H20N2O4/c1-3-19-9-10-21-17-11-13(15(18)20-4-2)12-7-5-6-8-14(12)16-17/h5-8,11,16H,3-4,9-10H2,1-2H3. The highest BCUT2D eigenvalue weighted by atomic mass is 16.7. The average Bonchev–Trinajstić information content (AvgIpc) is 2.51. The van der Waals surface area contributed by atoms with Crippen molar-refractivity contribution in [3.05, 3.63) is 36.0 Å². The molecule has 21 heavy (non-hydrogen) atoms. The molecule has 1 aliphatic rings. The topological polar surface area (TPSA) is 60.0 Å². The highest BCUT2D eigenvalue weighted by molar-refractivity contribution is 6.18. The number of hydrogen-bond acceptors (Lipinski definition) is 6. The van der Waals surface area contributed by atoms with Crippen molar-refractivity contribution in [3.8, 4) is 0 Å². The van der Waals surface area contributed by atoms with Gasteiger partial charge in [-0.1, -0.05) is 18.2 Å². The SMILES string of the molecule is CCOCCON1C=C(C(=O)OCC)c2ccccc2N1. The van der Waals surface area contributed by atoms with Crippen molar-refractivity contribution >= 4 is 17.2 Å². The molecule has 2 rings (SSSR count). The van der Waals surface area contributed by atoms with Gasteiger partial charge in [-0.25, -0.2) is 4.79 Å². The Morgan fingerprint density at radius 1 is 1.19 bits per heavy atom. The summed E-state index contributed by atoms with van der Waals surface area (Å²) in [6.07, 6.45) is 1.59. The van der Waals surface area contributed by atoms with Crippen LogP contribution >= 0.6 is 0 Å². The molecule has 1 aromatic carbocycles. The number of carbonyl (C=O) groups is 1. The van der Waals surface area contributed by atoms with Crippen LogP contribution in [-0.2, 0) is 19.1 Å². The molecule has 0 aromatic heterocycles. The van der Waals surface area contributed by atoms with E-state index in [1.807, 2.05) is 31.2 Å². The number of hydrogen-bond donors (Lipinski definition) is 1. The molecule has 0 amide bonds. The second kappa shape index (κ2) is 7.66. The van der Waals surface area contributed by atoms with Crippen LogP contribution in [0.5, 0.6) is 0 Å². The van der Waals surface area contributed by atoms with Gasteiger partial charge in [0.2, 0.25) is 0 Å². The first-order chi connectivity index (χ1) is 10.3. The summed E-state index contributed by atoms with van der Waals surface area (Å²) in [7, 11) is 0. The lowest BCUT2D eigenvalue weighted by Crippen LogP contribution is -2.31. The number of nitrogens with zero attached hydrogens (tertiary/aromatic N) is 1. The number of fused-ring (bicyclic) bond motifs is 1. The Kier molecular flexibility index (Phi) is 5.59. The maximum Gasteiger partial charge on any atom is 0.340 e. The van der Waals surface area contributed by atoms with Crippen molar-refractivity contribution in [1.82, 2.24) is 5.17 Å². The second-order valence-electron chi connectivity index (χ2n) is 4.28. The van der Waals surface area contributed by atoms with Gasteiger partial charge in [0.15, 0.2) is 0 Å². The van der Waals surface area contributed by atoms with Gasteiger partial charge < -0.3 is 9.47 Å². The van der Waals surface area contributed by atoms with E-state index in [0.29, 0.717) is 32.0 Å². The van der Waals surface area contributed by atoms with Crippen molar-refractivity contribution in [2.75, 3.05) is 31.9 Å². The number of anilines is 1. The van der Waals surface area contributed by atoms with Crippen LogP contribution < -0.4 is 5.43 Å². The maximum absolute atomic E-state index is 12.1. The second-order valence-corrected chi connectivity index (χ2v) is 4.28. The Bertz CT molecular complexity index is 516. The molecule has 0 unspecified atom stereocenters. The lowest BCUT2D eigenvalue weighted by atomic mass is 10.0. The lowest BCUT2D eigenvalue weighted by molar-refractivity contribution is -0.137. The van der Waals surface area contributed by atoms with Gasteiger partial charge in [-0.15, -0.1) is 0 Å². The molecule has 1 N–H and O–H groups in total. The summed E-state index contributed by atoms with van der Waals surface area (Å²) in [6.45, 7) is 5.55. The summed E-state index contributed by atoms with van der Waals surface area (Å²) in [5.41, 5.74) is 5.12. The number of carbonyl (C=O) groups excluding carboxylic acids is 1. The number of hydroxylamine groups is 1. The molecule has 6 heteroatoms. The molecule has 1 heterocycles. The largest absolute Gasteiger partial charge is 0.462 e. The Morgan fingerprint density at radius 2 is 2.00 bits per heavy atom. The number of ether oxygens (including phenoxy) is 2. The van der Waals surface area contributed by atoms with Crippen molar-refractivity contribution in [2.45, 2.75) is 13.8 Å². The molecule has 0 saturated carbocycles. The van der Waals surface area contributed by atoms with Gasteiger partial charge in [-0.3, -0.25) is 10.3 Å². The number of nitrogens with one attached hydrogen (secondary N) is 1. The highest BCUT2D eigenvalue weighted by Crippen LogP contribution is 2.29. The summed E-state index contributed by atoms with van der Waals surface area (Å²) in [5.74, 6) is -0.371. The van der Waals surface area contributed by atoms with Crippen molar-refractivity contribution in [2.24, 2.45) is 0 Å². The van der Waals surface area contributed by atoms with Gasteiger partial charge >= 0.3 is 5.97 Å². The zero-order valence-electron chi connectivity index (χ0n) is 12.3. The van der Waals surface area contributed by atoms with Crippen molar-refractivity contribution in [3.63, 3.8) is 0 Å². The number of para-hydroxylation sites is 1. The molecule has 1 aliphatic heterocycles. The summed E-state index contributed by atoms with van der Waals surface area (Å²) >= 11 is 0. The molecule has 0 saturated heterocycles. The van der Waals surface area contributed by atoms with E-state index in [0.717, 1.165) is 11.3 Å². The predicted octanol–water partition coefficient (Wildman–Crippen LogP) is 2.20. The minimum atomic E-state index is -0.371. The Morgan fingerprint density at radius 3 is 2.76 bits per heavy atom. The third-order valence-electron chi connectivity index (χ3n) is 2.85. The van der Waals surface area contributed by atoms with E-state index in [2.05, 4.69) is 5.43 Å². The van der Waals surface area contributed by atoms with Crippen LogP contribution in [-0.4, -0.2) is 37.6 Å². The van der Waals surface area contributed by atoms with E-state index in [4.69, 9.17) is 14.3 Å². The molecule has 114 valence electrons. The van der Waals surface area contributed by atoms with Gasteiger partial charge in [0, 0.05) is 12.2 Å². The van der Waals surface area contributed by atoms with E-state index < -0.39 is 0 Å². The third kappa shape index (κ3) is 3.96. The number of benzene rings is 1. The van der Waals surface area contributed by atoms with Crippen LogP contribution in [0, 0.1) is 0 Å². The monoisotopic (exact) mass is 292 g/mol. The molecular formula is C15H20N2O4. The minimum Gasteiger partial charge on any atom is -0.462 e. The lowest BCUT2D eigenvalue weighted by Gasteiger charge is -2.28. The zero-order valence-corrected chi connectivity index (χ0v) is 12.3. The maximum atomic E-state index is 12.1. The van der Waals surface area contributed by atoms with Crippen LogP contribution in [0.4, 0.5) is 5.69 Å². The number of hydrazine groups is 1. The first kappa shape index (κ1) is 15.3.